The summed E-state index contributed by atoms with van der Waals surface area (Å²) in [6.07, 6.45) is 1.28. The smallest absolute Gasteiger partial charge is 0.326 e. The molecule has 7 N–H and O–H groups in total. The summed E-state index contributed by atoms with van der Waals surface area (Å²) in [7, 11) is 0. The third kappa shape index (κ3) is 15.3. The number of halogens is 1. The molecule has 0 saturated carbocycles. The van der Waals surface area contributed by atoms with Crippen LogP contribution in [-0.2, 0) is 14.4 Å². The summed E-state index contributed by atoms with van der Waals surface area (Å²) in [6, 6.07) is 4.16. The number of anilines is 1. The fourth-order valence-electron chi connectivity index (χ4n) is 2.01. The van der Waals surface area contributed by atoms with Gasteiger partial charge in [-0.2, -0.15) is 0 Å². The number of benzene rings is 1. The number of carboxylic acid groups (broad SMARTS) is 3. The molecule has 12 nitrogen and oxygen atoms in total. The monoisotopic (exact) mass is 474 g/mol. The van der Waals surface area contributed by atoms with Gasteiger partial charge in [0.05, 0.1) is 0 Å². The van der Waals surface area contributed by atoms with E-state index in [1.54, 1.807) is 31.2 Å². The zero-order chi connectivity index (χ0) is 24.5. The Hall–Kier alpha value is -3.54. The fourth-order valence-corrected chi connectivity index (χ4v) is 2.13. The minimum Gasteiger partial charge on any atom is -0.481 e. The highest BCUT2D eigenvalue weighted by Crippen LogP contribution is 2.13. The largest absolute Gasteiger partial charge is 0.481 e. The second kappa shape index (κ2) is 16.2. The number of unbranched alkanes of at least 4 members (excludes halogenated alkanes) is 1. The number of carbonyl (C=O) groups excluding carboxylic acids is 2. The van der Waals surface area contributed by atoms with E-state index in [4.69, 9.17) is 26.9 Å². The zero-order valence-corrected chi connectivity index (χ0v) is 18.1. The van der Waals surface area contributed by atoms with Crippen molar-refractivity contribution in [1.29, 1.82) is 0 Å². The first-order valence-electron chi connectivity index (χ1n) is 9.56. The second-order valence-electron chi connectivity index (χ2n) is 6.24. The molecule has 32 heavy (non-hydrogen) atoms. The molecule has 0 radical (unpaired) electrons. The van der Waals surface area contributed by atoms with Crippen LogP contribution in [0.1, 0.15) is 32.6 Å². The lowest BCUT2D eigenvalue weighted by atomic mass is 10.1. The first kappa shape index (κ1) is 28.5. The summed E-state index contributed by atoms with van der Waals surface area (Å²) in [5.41, 5.74) is 0.583. The van der Waals surface area contributed by atoms with E-state index in [2.05, 4.69) is 16.0 Å². The Morgan fingerprint density at radius 1 is 0.906 bits per heavy atom. The molecule has 0 heterocycles. The standard InChI is InChI=1S/C16H21ClN4O6.C3H6O2/c17-10-4-6-11(7-5-10)20-15(26)18-8-2-1-3-12(14(24)25)21-16(27)19-9-13(22)23;1-2-3(4)5/h4-7,12H,1-3,8-9H2,(H,22,23)(H,24,25)(H2,18,20,26)(H2,19,21,27);2H2,1H3,(H,4,5). The number of amides is 4. The molecule has 1 atom stereocenters. The van der Waals surface area contributed by atoms with Crippen molar-refractivity contribution in [2.24, 2.45) is 0 Å². The quantitative estimate of drug-likeness (QED) is 0.236. The highest BCUT2D eigenvalue weighted by molar-refractivity contribution is 6.30. The van der Waals surface area contributed by atoms with Gasteiger partial charge in [0, 0.05) is 23.7 Å². The Balaban J connectivity index is 0.00000172. The van der Waals surface area contributed by atoms with E-state index in [9.17, 15) is 24.0 Å². The summed E-state index contributed by atoms with van der Waals surface area (Å²) in [5, 5.41) is 35.3. The lowest BCUT2D eigenvalue weighted by Gasteiger charge is -2.14. The number of hydrogen-bond acceptors (Lipinski definition) is 5. The van der Waals surface area contributed by atoms with Gasteiger partial charge in [-0.3, -0.25) is 9.59 Å². The van der Waals surface area contributed by atoms with Crippen LogP contribution in [0.25, 0.3) is 0 Å². The topological polar surface area (TPSA) is 194 Å². The summed E-state index contributed by atoms with van der Waals surface area (Å²) in [5.74, 6) is -3.21. The molecule has 1 rings (SSSR count). The van der Waals surface area contributed by atoms with Crippen LogP contribution in [0.5, 0.6) is 0 Å². The van der Waals surface area contributed by atoms with Crippen LogP contribution >= 0.6 is 11.6 Å². The van der Waals surface area contributed by atoms with Gasteiger partial charge in [0.2, 0.25) is 0 Å². The summed E-state index contributed by atoms with van der Waals surface area (Å²) >= 11 is 5.75. The van der Waals surface area contributed by atoms with Crippen LogP contribution < -0.4 is 21.3 Å². The second-order valence-corrected chi connectivity index (χ2v) is 6.68. The van der Waals surface area contributed by atoms with Gasteiger partial charge in [0.15, 0.2) is 0 Å². The Labute approximate surface area is 189 Å². The Morgan fingerprint density at radius 2 is 1.50 bits per heavy atom. The van der Waals surface area contributed by atoms with Crippen LogP contribution in [0.4, 0.5) is 15.3 Å². The molecule has 0 fully saturated rings. The molecule has 0 aliphatic heterocycles. The number of carbonyl (C=O) groups is 5. The number of carboxylic acids is 3. The highest BCUT2D eigenvalue weighted by Gasteiger charge is 2.19. The first-order chi connectivity index (χ1) is 15.0. The van der Waals surface area contributed by atoms with Gasteiger partial charge < -0.3 is 36.6 Å². The molecule has 1 aromatic carbocycles. The molecule has 0 aromatic heterocycles. The predicted molar refractivity (Wildman–Crippen MR) is 116 cm³/mol. The molecular formula is C19H27ClN4O8. The lowest BCUT2D eigenvalue weighted by molar-refractivity contribution is -0.139. The van der Waals surface area contributed by atoms with E-state index >= 15 is 0 Å². The molecule has 13 heteroatoms. The Kier molecular flexibility index (Phi) is 14.4. The minimum absolute atomic E-state index is 0.135. The van der Waals surface area contributed by atoms with Crippen molar-refractivity contribution in [3.05, 3.63) is 29.3 Å². The van der Waals surface area contributed by atoms with Crippen LogP contribution in [0, 0.1) is 0 Å². The van der Waals surface area contributed by atoms with E-state index in [0.717, 1.165) is 0 Å². The van der Waals surface area contributed by atoms with Crippen LogP contribution in [0.3, 0.4) is 0 Å². The van der Waals surface area contributed by atoms with Gasteiger partial charge in [-0.1, -0.05) is 18.5 Å². The highest BCUT2D eigenvalue weighted by atomic mass is 35.5. The van der Waals surface area contributed by atoms with Crippen molar-refractivity contribution in [2.45, 2.75) is 38.6 Å². The number of aliphatic carboxylic acids is 3. The van der Waals surface area contributed by atoms with E-state index in [1.165, 1.54) is 0 Å². The molecule has 0 aliphatic rings. The molecule has 0 aliphatic carbocycles. The van der Waals surface area contributed by atoms with Crippen LogP contribution in [0.2, 0.25) is 5.02 Å². The number of rotatable bonds is 11. The summed E-state index contributed by atoms with van der Waals surface area (Å²) < 4.78 is 0. The van der Waals surface area contributed by atoms with E-state index in [0.29, 0.717) is 30.1 Å². The summed E-state index contributed by atoms with van der Waals surface area (Å²) in [4.78, 5) is 54.0. The van der Waals surface area contributed by atoms with Crippen LogP contribution in [0.15, 0.2) is 24.3 Å². The van der Waals surface area contributed by atoms with Crippen molar-refractivity contribution in [1.82, 2.24) is 16.0 Å². The van der Waals surface area contributed by atoms with Crippen LogP contribution in [-0.4, -0.2) is 64.4 Å². The van der Waals surface area contributed by atoms with E-state index in [-0.39, 0.29) is 12.8 Å². The maximum Gasteiger partial charge on any atom is 0.326 e. The van der Waals surface area contributed by atoms with Gasteiger partial charge in [-0.15, -0.1) is 0 Å². The lowest BCUT2D eigenvalue weighted by Crippen LogP contribution is -2.47. The van der Waals surface area contributed by atoms with Gasteiger partial charge in [-0.05, 0) is 43.5 Å². The third-order valence-electron chi connectivity index (χ3n) is 3.61. The van der Waals surface area contributed by atoms with Crippen molar-refractivity contribution >= 4 is 47.3 Å². The van der Waals surface area contributed by atoms with Gasteiger partial charge >= 0.3 is 30.0 Å². The third-order valence-corrected chi connectivity index (χ3v) is 3.87. The maximum absolute atomic E-state index is 11.7. The molecule has 0 bridgehead atoms. The fraction of sp³-hybridized carbons (Fsp3) is 0.421. The zero-order valence-electron chi connectivity index (χ0n) is 17.4. The number of hydrogen-bond donors (Lipinski definition) is 7. The minimum atomic E-state index is -1.24. The Bertz CT molecular complexity index is 773. The molecule has 0 spiro atoms. The first-order valence-corrected chi connectivity index (χ1v) is 9.94. The molecule has 0 saturated heterocycles. The van der Waals surface area contributed by atoms with Crippen molar-refractivity contribution < 1.29 is 39.3 Å². The van der Waals surface area contributed by atoms with Crippen molar-refractivity contribution in [2.75, 3.05) is 18.4 Å². The Morgan fingerprint density at radius 3 is 2.00 bits per heavy atom. The van der Waals surface area contributed by atoms with Crippen molar-refractivity contribution in [3.8, 4) is 0 Å². The normalized spacial score (nSPS) is 10.6. The van der Waals surface area contributed by atoms with Gasteiger partial charge in [-0.25, -0.2) is 14.4 Å². The van der Waals surface area contributed by atoms with E-state index < -0.39 is 42.6 Å². The van der Waals surface area contributed by atoms with Gasteiger partial charge in [0.1, 0.15) is 12.6 Å². The number of urea groups is 2. The molecule has 1 unspecified atom stereocenters. The summed E-state index contributed by atoms with van der Waals surface area (Å²) in [6.45, 7) is 1.31. The van der Waals surface area contributed by atoms with E-state index in [1.807, 2.05) is 5.32 Å². The predicted octanol–water partition coefficient (Wildman–Crippen LogP) is 1.95. The van der Waals surface area contributed by atoms with Gasteiger partial charge in [0.25, 0.3) is 0 Å². The number of nitrogens with one attached hydrogen (secondary N) is 4. The SMILES string of the molecule is CCC(=O)O.O=C(O)CNC(=O)NC(CCCCNC(=O)Nc1ccc(Cl)cc1)C(=O)O. The molecule has 4 amide bonds. The molecule has 1 aromatic rings. The maximum atomic E-state index is 11.7. The van der Waals surface area contributed by atoms with Crippen molar-refractivity contribution in [3.63, 3.8) is 0 Å². The average Bonchev–Trinajstić information content (AvgIpc) is 2.73. The molecular weight excluding hydrogens is 448 g/mol. The average molecular weight is 475 g/mol. The molecule has 178 valence electrons.